The maximum absolute atomic E-state index is 10.6. The maximum Gasteiger partial charge on any atom is 0.316 e. The van der Waals surface area contributed by atoms with E-state index in [1.54, 1.807) is 24.3 Å². The molecular weight excluding hydrogens is 268 g/mol. The molecule has 0 atom stereocenters. The molecule has 2 aromatic carbocycles. The highest BCUT2D eigenvalue weighted by atomic mass is 16.5. The Labute approximate surface area is 123 Å². The molecule has 0 spiro atoms. The number of hydrogen-bond acceptors (Lipinski definition) is 4. The van der Waals surface area contributed by atoms with Gasteiger partial charge in [-0.3, -0.25) is 9.59 Å². The van der Waals surface area contributed by atoms with Gasteiger partial charge in [0.2, 0.25) is 0 Å². The van der Waals surface area contributed by atoms with Crippen LogP contribution in [-0.4, -0.2) is 11.9 Å². The Morgan fingerprint density at radius 2 is 1.05 bits per heavy atom. The number of rotatable bonds is 4. The van der Waals surface area contributed by atoms with Crippen molar-refractivity contribution in [2.75, 3.05) is 0 Å². The van der Waals surface area contributed by atoms with E-state index in [1.165, 1.54) is 0 Å². The quantitative estimate of drug-likeness (QED) is 0.638. The second-order valence-electron chi connectivity index (χ2n) is 4.31. The predicted octanol–water partition coefficient (Wildman–Crippen LogP) is 2.51. The average molecular weight is 280 g/mol. The molecule has 0 heterocycles. The Morgan fingerprint density at radius 3 is 1.33 bits per heavy atom. The van der Waals surface area contributed by atoms with E-state index in [9.17, 15) is 9.59 Å². The zero-order valence-electron chi connectivity index (χ0n) is 11.1. The van der Waals surface area contributed by atoms with Crippen molar-refractivity contribution < 1.29 is 19.1 Å². The second kappa shape index (κ2) is 6.70. The first-order chi connectivity index (χ1) is 10.0. The lowest BCUT2D eigenvalue weighted by molar-refractivity contribution is -0.130. The van der Waals surface area contributed by atoms with E-state index < -0.39 is 11.9 Å². The molecule has 2 rings (SSSR count). The molecule has 0 fully saturated rings. The van der Waals surface area contributed by atoms with E-state index in [4.69, 9.17) is 23.3 Å². The van der Waals surface area contributed by atoms with Crippen molar-refractivity contribution in [2.45, 2.75) is 6.42 Å². The predicted molar refractivity (Wildman–Crippen MR) is 75.6 cm³/mol. The van der Waals surface area contributed by atoms with Crippen molar-refractivity contribution in [3.63, 3.8) is 0 Å². The summed E-state index contributed by atoms with van der Waals surface area (Å²) in [6.07, 6.45) is 0.688. The summed E-state index contributed by atoms with van der Waals surface area (Å²) in [5.41, 5.74) is 2.07. The molecule has 0 N–H and O–H groups in total. The van der Waals surface area contributed by atoms with Crippen LogP contribution < -0.4 is 9.47 Å². The lowest BCUT2D eigenvalue weighted by Gasteiger charge is -2.05. The first kappa shape index (κ1) is 14.8. The molecular formula is C17H12O4. The summed E-state index contributed by atoms with van der Waals surface area (Å²) < 4.78 is 9.50. The van der Waals surface area contributed by atoms with Gasteiger partial charge >= 0.3 is 11.9 Å². The van der Waals surface area contributed by atoms with E-state index >= 15 is 0 Å². The van der Waals surface area contributed by atoms with Crippen LogP contribution in [0.5, 0.6) is 11.5 Å². The van der Waals surface area contributed by atoms with Gasteiger partial charge in [-0.15, -0.1) is 0 Å². The fraction of sp³-hybridized carbons (Fsp3) is 0.0588. The summed E-state index contributed by atoms with van der Waals surface area (Å²) in [6, 6.07) is 14.0. The zero-order valence-corrected chi connectivity index (χ0v) is 11.1. The average Bonchev–Trinajstić information content (AvgIpc) is 2.42. The molecule has 4 nitrogen and oxygen atoms in total. The highest BCUT2D eigenvalue weighted by Crippen LogP contribution is 2.18. The number of carbonyl (C=O) groups is 2. The molecule has 0 aliphatic heterocycles. The molecule has 0 amide bonds. The number of carbonyl (C=O) groups excluding carboxylic acids is 2. The minimum absolute atomic E-state index is 0.399. The number of esters is 2. The van der Waals surface area contributed by atoms with Gasteiger partial charge in [0.15, 0.2) is 0 Å². The van der Waals surface area contributed by atoms with Gasteiger partial charge in [0, 0.05) is 0 Å². The molecule has 0 aliphatic rings. The molecule has 0 bridgehead atoms. The van der Waals surface area contributed by atoms with Crippen molar-refractivity contribution in [2.24, 2.45) is 0 Å². The van der Waals surface area contributed by atoms with E-state index in [0.717, 1.165) is 11.1 Å². The van der Waals surface area contributed by atoms with Crippen molar-refractivity contribution in [1.82, 2.24) is 0 Å². The molecule has 21 heavy (non-hydrogen) atoms. The maximum atomic E-state index is 10.6. The summed E-state index contributed by atoms with van der Waals surface area (Å²) in [7, 11) is 0. The van der Waals surface area contributed by atoms with Crippen LogP contribution in [-0.2, 0) is 16.0 Å². The standard InChI is InChI=1S/C17H12O4/c1-12(18)20-16-7-3-14(4-8-16)11-15-5-9-17(10-6-15)21-13(2)19/h1-10H,11H2. The first-order valence-corrected chi connectivity index (χ1v) is 6.15. The zero-order chi connectivity index (χ0) is 15.2. The summed E-state index contributed by atoms with van der Waals surface area (Å²) in [5, 5.41) is 0. The Hall–Kier alpha value is -2.62. The molecule has 0 saturated heterocycles. The minimum atomic E-state index is -0.840. The molecule has 2 aromatic rings. The topological polar surface area (TPSA) is 52.6 Å². The SMILES string of the molecule is [CH]C(=O)Oc1ccc(Cc2ccc(OC([CH])=O)cc2)cc1. The van der Waals surface area contributed by atoms with E-state index in [-0.39, 0.29) is 0 Å². The van der Waals surface area contributed by atoms with Gasteiger partial charge in [0.25, 0.3) is 0 Å². The minimum Gasteiger partial charge on any atom is -0.426 e. The molecule has 0 aromatic heterocycles. The van der Waals surface area contributed by atoms with Crippen LogP contribution >= 0.6 is 0 Å². The highest BCUT2D eigenvalue weighted by molar-refractivity contribution is 5.76. The van der Waals surface area contributed by atoms with Gasteiger partial charge < -0.3 is 9.47 Å². The third kappa shape index (κ3) is 4.76. The Balaban J connectivity index is 2.01. The lowest BCUT2D eigenvalue weighted by atomic mass is 10.0. The summed E-state index contributed by atoms with van der Waals surface area (Å²) >= 11 is 0. The third-order valence-corrected chi connectivity index (χ3v) is 2.69. The van der Waals surface area contributed by atoms with E-state index in [0.29, 0.717) is 17.9 Å². The van der Waals surface area contributed by atoms with Crippen molar-refractivity contribution in [1.29, 1.82) is 0 Å². The first-order valence-electron chi connectivity index (χ1n) is 6.15. The van der Waals surface area contributed by atoms with Crippen molar-refractivity contribution >= 4 is 11.9 Å². The molecule has 0 aliphatic carbocycles. The fourth-order valence-electron chi connectivity index (χ4n) is 1.82. The smallest absolute Gasteiger partial charge is 0.316 e. The second-order valence-corrected chi connectivity index (χ2v) is 4.31. The van der Waals surface area contributed by atoms with Gasteiger partial charge in [-0.05, 0) is 41.8 Å². The normalized spacial score (nSPS) is 10.0. The van der Waals surface area contributed by atoms with Crippen LogP contribution in [0.3, 0.4) is 0 Å². The van der Waals surface area contributed by atoms with Crippen molar-refractivity contribution in [3.05, 3.63) is 73.5 Å². The van der Waals surface area contributed by atoms with Crippen LogP contribution in [0.4, 0.5) is 0 Å². The van der Waals surface area contributed by atoms with Crippen molar-refractivity contribution in [3.8, 4) is 11.5 Å². The third-order valence-electron chi connectivity index (χ3n) is 2.69. The molecule has 4 heteroatoms. The lowest BCUT2D eigenvalue weighted by Crippen LogP contribution is -2.02. The summed E-state index contributed by atoms with van der Waals surface area (Å²) in [4.78, 5) is 21.2. The van der Waals surface area contributed by atoms with Gasteiger partial charge in [-0.2, -0.15) is 0 Å². The number of ether oxygens (including phenoxy) is 2. The Bertz CT molecular complexity index is 569. The van der Waals surface area contributed by atoms with Gasteiger partial charge in [0.05, 0.1) is 13.8 Å². The fourth-order valence-corrected chi connectivity index (χ4v) is 1.82. The number of hydrogen-bond donors (Lipinski definition) is 0. The summed E-state index contributed by atoms with van der Waals surface area (Å²) in [5.74, 6) is -0.881. The molecule has 4 radical (unpaired) electrons. The van der Waals surface area contributed by atoms with Crippen LogP contribution in [0.1, 0.15) is 11.1 Å². The Morgan fingerprint density at radius 1 is 0.714 bits per heavy atom. The van der Waals surface area contributed by atoms with E-state index in [1.807, 2.05) is 24.3 Å². The van der Waals surface area contributed by atoms with Crippen LogP contribution in [0.2, 0.25) is 0 Å². The van der Waals surface area contributed by atoms with Crippen LogP contribution in [0, 0.1) is 13.8 Å². The highest BCUT2D eigenvalue weighted by Gasteiger charge is 2.02. The van der Waals surface area contributed by atoms with Gasteiger partial charge in [-0.1, -0.05) is 24.3 Å². The largest absolute Gasteiger partial charge is 0.426 e. The van der Waals surface area contributed by atoms with Crippen LogP contribution in [0.15, 0.2) is 48.5 Å². The van der Waals surface area contributed by atoms with Gasteiger partial charge in [-0.25, -0.2) is 0 Å². The van der Waals surface area contributed by atoms with Crippen LogP contribution in [0.25, 0.3) is 0 Å². The molecule has 0 saturated carbocycles. The van der Waals surface area contributed by atoms with E-state index in [2.05, 4.69) is 0 Å². The summed E-state index contributed by atoms with van der Waals surface area (Å²) in [6.45, 7) is 9.86. The Kier molecular flexibility index (Phi) is 4.72. The number of benzene rings is 2. The molecule has 0 unspecified atom stereocenters. The van der Waals surface area contributed by atoms with Gasteiger partial charge in [0.1, 0.15) is 11.5 Å². The molecule has 104 valence electrons. The monoisotopic (exact) mass is 280 g/mol.